The highest BCUT2D eigenvalue weighted by molar-refractivity contribution is 5.60. The summed E-state index contributed by atoms with van der Waals surface area (Å²) in [5.74, 6) is 0. The number of nitrogens with one attached hydrogen (secondary N) is 1. The summed E-state index contributed by atoms with van der Waals surface area (Å²) in [5.41, 5.74) is 4.50. The fourth-order valence-electron chi connectivity index (χ4n) is 3.46. The van der Waals surface area contributed by atoms with E-state index < -0.39 is 0 Å². The molecule has 3 nitrogen and oxygen atoms in total. The van der Waals surface area contributed by atoms with Gasteiger partial charge in [0.1, 0.15) is 0 Å². The van der Waals surface area contributed by atoms with Gasteiger partial charge in [-0.05, 0) is 31.0 Å². The van der Waals surface area contributed by atoms with Crippen LogP contribution >= 0.6 is 0 Å². The van der Waals surface area contributed by atoms with Crippen molar-refractivity contribution in [2.24, 2.45) is 0 Å². The molecule has 2 heterocycles. The van der Waals surface area contributed by atoms with Gasteiger partial charge in [0.25, 0.3) is 0 Å². The molecule has 0 bridgehead atoms. The van der Waals surface area contributed by atoms with Gasteiger partial charge in [-0.2, -0.15) is 0 Å². The summed E-state index contributed by atoms with van der Waals surface area (Å²) in [7, 11) is 2.19. The Morgan fingerprint density at radius 2 is 2.28 bits per heavy atom. The largest absolute Gasteiger partial charge is 0.375 e. The zero-order chi connectivity index (χ0) is 12.7. The van der Waals surface area contributed by atoms with E-state index in [9.17, 15) is 0 Å². The molecule has 1 saturated heterocycles. The Morgan fingerprint density at radius 3 is 3.06 bits per heavy atom. The quantitative estimate of drug-likeness (QED) is 0.861. The minimum absolute atomic E-state index is 0.553. The summed E-state index contributed by atoms with van der Waals surface area (Å²) in [6, 6.07) is 7.93. The molecule has 0 radical (unpaired) electrons. The summed E-state index contributed by atoms with van der Waals surface area (Å²) in [5, 5.41) is 3.53. The van der Waals surface area contributed by atoms with Gasteiger partial charge in [-0.25, -0.2) is 0 Å². The van der Waals surface area contributed by atoms with E-state index in [-0.39, 0.29) is 0 Å². The molecule has 1 N–H and O–H groups in total. The highest BCUT2D eigenvalue weighted by Crippen LogP contribution is 2.46. The zero-order valence-corrected chi connectivity index (χ0v) is 11.6. The Balaban J connectivity index is 2.07. The lowest BCUT2D eigenvalue weighted by molar-refractivity contribution is 0.141. The summed E-state index contributed by atoms with van der Waals surface area (Å²) >= 11 is 0. The van der Waals surface area contributed by atoms with E-state index in [0.717, 1.165) is 26.2 Å². The number of hydrogen-bond donors (Lipinski definition) is 1. The third-order valence-corrected chi connectivity index (χ3v) is 4.56. The summed E-state index contributed by atoms with van der Waals surface area (Å²) in [6.07, 6.45) is 0. The van der Waals surface area contributed by atoms with Gasteiger partial charge in [0.05, 0.1) is 0 Å². The van der Waals surface area contributed by atoms with Crippen LogP contribution in [-0.4, -0.2) is 38.1 Å². The summed E-state index contributed by atoms with van der Waals surface area (Å²) < 4.78 is 0. The van der Waals surface area contributed by atoms with Crippen LogP contribution in [0.15, 0.2) is 18.2 Å². The van der Waals surface area contributed by atoms with Crippen LogP contribution in [0.25, 0.3) is 0 Å². The van der Waals surface area contributed by atoms with Crippen LogP contribution in [0.3, 0.4) is 0 Å². The molecule has 0 spiro atoms. The van der Waals surface area contributed by atoms with Crippen LogP contribution in [0.1, 0.15) is 37.1 Å². The number of hydrogen-bond acceptors (Lipinski definition) is 3. The van der Waals surface area contributed by atoms with E-state index in [1.54, 1.807) is 5.56 Å². The van der Waals surface area contributed by atoms with Crippen molar-refractivity contribution < 1.29 is 0 Å². The second kappa shape index (κ2) is 4.56. The number of anilines is 1. The molecule has 2 atom stereocenters. The maximum atomic E-state index is 3.53. The van der Waals surface area contributed by atoms with Crippen molar-refractivity contribution in [1.82, 2.24) is 10.2 Å². The van der Waals surface area contributed by atoms with Gasteiger partial charge in [-0.3, -0.25) is 4.90 Å². The van der Waals surface area contributed by atoms with E-state index in [1.807, 2.05) is 0 Å². The predicted molar refractivity (Wildman–Crippen MR) is 76.1 cm³/mol. The van der Waals surface area contributed by atoms with Gasteiger partial charge in [0.15, 0.2) is 0 Å². The van der Waals surface area contributed by atoms with Crippen LogP contribution in [0, 0.1) is 0 Å². The summed E-state index contributed by atoms with van der Waals surface area (Å²) in [6.45, 7) is 9.01. The molecule has 1 fully saturated rings. The molecule has 0 amide bonds. The molecular weight excluding hydrogens is 222 g/mol. The molecule has 1 aromatic carbocycles. The van der Waals surface area contributed by atoms with Crippen LogP contribution in [-0.2, 0) is 0 Å². The Morgan fingerprint density at radius 1 is 1.44 bits per heavy atom. The van der Waals surface area contributed by atoms with E-state index >= 15 is 0 Å². The molecule has 1 aromatic rings. The van der Waals surface area contributed by atoms with Crippen molar-refractivity contribution in [3.05, 3.63) is 29.3 Å². The first-order chi connectivity index (χ1) is 8.74. The second-order valence-electron chi connectivity index (χ2n) is 5.43. The molecule has 0 saturated carbocycles. The normalized spacial score (nSPS) is 26.8. The topological polar surface area (TPSA) is 18.5 Å². The van der Waals surface area contributed by atoms with Crippen LogP contribution in [0.2, 0.25) is 0 Å². The zero-order valence-electron chi connectivity index (χ0n) is 11.6. The molecular formula is C15H23N3. The van der Waals surface area contributed by atoms with E-state index in [2.05, 4.69) is 54.2 Å². The SMILES string of the molecule is CCN(C)c1cccc2c1C(C)N1CCNCC21. The minimum Gasteiger partial charge on any atom is -0.375 e. The molecule has 2 aliphatic heterocycles. The number of fused-ring (bicyclic) bond motifs is 3. The Bertz CT molecular complexity index is 443. The highest BCUT2D eigenvalue weighted by Gasteiger charge is 2.38. The van der Waals surface area contributed by atoms with Crippen LogP contribution in [0.5, 0.6) is 0 Å². The monoisotopic (exact) mass is 245 g/mol. The van der Waals surface area contributed by atoms with Gasteiger partial charge >= 0.3 is 0 Å². The van der Waals surface area contributed by atoms with Crippen LogP contribution in [0.4, 0.5) is 5.69 Å². The van der Waals surface area contributed by atoms with Crippen molar-refractivity contribution in [3.8, 4) is 0 Å². The molecule has 2 aliphatic rings. The van der Waals surface area contributed by atoms with Crippen molar-refractivity contribution in [2.75, 3.05) is 38.1 Å². The smallest absolute Gasteiger partial charge is 0.0483 e. The molecule has 18 heavy (non-hydrogen) atoms. The van der Waals surface area contributed by atoms with Gasteiger partial charge in [0.2, 0.25) is 0 Å². The lowest BCUT2D eigenvalue weighted by atomic mass is 9.99. The molecule has 98 valence electrons. The molecule has 0 aromatic heterocycles. The van der Waals surface area contributed by atoms with E-state index in [0.29, 0.717) is 12.1 Å². The van der Waals surface area contributed by atoms with Gasteiger partial charge in [-0.1, -0.05) is 12.1 Å². The van der Waals surface area contributed by atoms with Gasteiger partial charge < -0.3 is 10.2 Å². The third-order valence-electron chi connectivity index (χ3n) is 4.56. The lowest BCUT2D eigenvalue weighted by Crippen LogP contribution is -2.43. The fraction of sp³-hybridized carbons (Fsp3) is 0.600. The Hall–Kier alpha value is -1.06. The van der Waals surface area contributed by atoms with Crippen LogP contribution < -0.4 is 10.2 Å². The average Bonchev–Trinajstić information content (AvgIpc) is 2.72. The molecule has 3 rings (SSSR count). The second-order valence-corrected chi connectivity index (χ2v) is 5.43. The first-order valence-electron chi connectivity index (χ1n) is 7.04. The van der Waals surface area contributed by atoms with Crippen molar-refractivity contribution in [1.29, 1.82) is 0 Å². The number of rotatable bonds is 2. The lowest BCUT2D eigenvalue weighted by Gasteiger charge is -2.33. The number of benzene rings is 1. The highest BCUT2D eigenvalue weighted by atomic mass is 15.3. The van der Waals surface area contributed by atoms with Gasteiger partial charge in [0, 0.05) is 51.0 Å². The first kappa shape index (κ1) is 12.0. The fourth-order valence-corrected chi connectivity index (χ4v) is 3.46. The maximum Gasteiger partial charge on any atom is 0.0483 e. The number of piperazine rings is 1. The summed E-state index contributed by atoms with van der Waals surface area (Å²) in [4.78, 5) is 5.01. The average molecular weight is 245 g/mol. The van der Waals surface area contributed by atoms with E-state index in [4.69, 9.17) is 0 Å². The van der Waals surface area contributed by atoms with Gasteiger partial charge in [-0.15, -0.1) is 0 Å². The molecule has 2 unspecified atom stereocenters. The maximum absolute atomic E-state index is 3.53. The first-order valence-corrected chi connectivity index (χ1v) is 7.04. The molecule has 3 heteroatoms. The van der Waals surface area contributed by atoms with Crippen molar-refractivity contribution in [3.63, 3.8) is 0 Å². The predicted octanol–water partition coefficient (Wildman–Crippen LogP) is 2.16. The standard InChI is InChI=1S/C15H23N3/c1-4-17(3)13-7-5-6-12-14-10-16-8-9-18(14)11(2)15(12)13/h5-7,11,14,16H,4,8-10H2,1-3H3. The third kappa shape index (κ3) is 1.65. The molecule has 0 aliphatic carbocycles. The Labute approximate surface area is 110 Å². The van der Waals surface area contributed by atoms with E-state index in [1.165, 1.54) is 11.3 Å². The minimum atomic E-state index is 0.553. The number of nitrogens with zero attached hydrogens (tertiary/aromatic N) is 2. The Kier molecular flexibility index (Phi) is 3.04. The van der Waals surface area contributed by atoms with Crippen molar-refractivity contribution >= 4 is 5.69 Å². The van der Waals surface area contributed by atoms with Crippen molar-refractivity contribution in [2.45, 2.75) is 25.9 Å².